The topological polar surface area (TPSA) is 48.4 Å². The molecule has 3 aromatic rings. The average molecular weight is 389 g/mol. The first-order chi connectivity index (χ1) is 14.2. The number of hydrogen-bond acceptors (Lipinski definition) is 4. The van der Waals surface area contributed by atoms with Crippen molar-refractivity contribution in [2.45, 2.75) is 39.7 Å². The first-order valence-electron chi connectivity index (χ1n) is 10.1. The number of ether oxygens (including phenoxy) is 2. The van der Waals surface area contributed by atoms with Crippen LogP contribution in [0.5, 0.6) is 5.75 Å². The van der Waals surface area contributed by atoms with Gasteiger partial charge in [-0.15, -0.1) is 0 Å². The summed E-state index contributed by atoms with van der Waals surface area (Å²) >= 11 is 0. The normalized spacial score (nSPS) is 10.7. The highest BCUT2D eigenvalue weighted by Gasteiger charge is 2.09. The standard InChI is InChI=1S/C25H27NO3/c1-3-5-6-19-7-10-22(11-8-19)25(27)29-23-14-12-21(13-15-23)24-16-9-20(17-26-24)18-28-4-2/h7-17H,3-6,18H2,1-2H3. The zero-order valence-corrected chi connectivity index (χ0v) is 17.1. The highest BCUT2D eigenvalue weighted by Crippen LogP contribution is 2.22. The Morgan fingerprint density at radius 2 is 1.62 bits per heavy atom. The van der Waals surface area contributed by atoms with Crippen molar-refractivity contribution >= 4 is 5.97 Å². The maximum Gasteiger partial charge on any atom is 0.343 e. The van der Waals surface area contributed by atoms with E-state index in [1.54, 1.807) is 12.1 Å². The van der Waals surface area contributed by atoms with Crippen LogP contribution in [0.25, 0.3) is 11.3 Å². The van der Waals surface area contributed by atoms with Crippen molar-refractivity contribution in [1.82, 2.24) is 4.98 Å². The van der Waals surface area contributed by atoms with Crippen LogP contribution in [-0.2, 0) is 17.8 Å². The Morgan fingerprint density at radius 1 is 0.897 bits per heavy atom. The van der Waals surface area contributed by atoms with E-state index in [9.17, 15) is 4.79 Å². The van der Waals surface area contributed by atoms with Crippen LogP contribution in [0.2, 0.25) is 0 Å². The van der Waals surface area contributed by atoms with Crippen molar-refractivity contribution in [3.63, 3.8) is 0 Å². The highest BCUT2D eigenvalue weighted by atomic mass is 16.5. The SMILES string of the molecule is CCCCc1ccc(C(=O)Oc2ccc(-c3ccc(COCC)cn3)cc2)cc1. The fourth-order valence-electron chi connectivity index (χ4n) is 2.95. The molecule has 0 aliphatic heterocycles. The van der Waals surface area contributed by atoms with E-state index in [2.05, 4.69) is 11.9 Å². The van der Waals surface area contributed by atoms with Gasteiger partial charge in [-0.1, -0.05) is 31.5 Å². The minimum Gasteiger partial charge on any atom is -0.423 e. The number of aryl methyl sites for hydroxylation is 1. The molecule has 0 fully saturated rings. The molecule has 0 saturated carbocycles. The lowest BCUT2D eigenvalue weighted by molar-refractivity contribution is 0.0735. The third kappa shape index (κ3) is 6.00. The average Bonchev–Trinajstić information content (AvgIpc) is 2.77. The molecule has 3 rings (SSSR count). The van der Waals surface area contributed by atoms with E-state index >= 15 is 0 Å². The number of carbonyl (C=O) groups is 1. The summed E-state index contributed by atoms with van der Waals surface area (Å²) in [6.07, 6.45) is 5.17. The van der Waals surface area contributed by atoms with Crippen LogP contribution in [0.4, 0.5) is 0 Å². The molecule has 0 N–H and O–H groups in total. The Bertz CT molecular complexity index is 900. The van der Waals surface area contributed by atoms with Crippen molar-refractivity contribution in [2.24, 2.45) is 0 Å². The van der Waals surface area contributed by atoms with Gasteiger partial charge in [0.05, 0.1) is 17.9 Å². The van der Waals surface area contributed by atoms with Crippen LogP contribution < -0.4 is 4.74 Å². The van der Waals surface area contributed by atoms with Crippen LogP contribution in [-0.4, -0.2) is 17.6 Å². The van der Waals surface area contributed by atoms with Crippen molar-refractivity contribution in [3.8, 4) is 17.0 Å². The number of carbonyl (C=O) groups excluding carboxylic acids is 1. The Balaban J connectivity index is 1.60. The first-order valence-corrected chi connectivity index (χ1v) is 10.1. The molecule has 150 valence electrons. The fourth-order valence-corrected chi connectivity index (χ4v) is 2.95. The summed E-state index contributed by atoms with van der Waals surface area (Å²) in [4.78, 5) is 16.9. The smallest absolute Gasteiger partial charge is 0.343 e. The molecule has 0 unspecified atom stereocenters. The van der Waals surface area contributed by atoms with Crippen LogP contribution in [0.3, 0.4) is 0 Å². The summed E-state index contributed by atoms with van der Waals surface area (Å²) in [5.74, 6) is 0.167. The van der Waals surface area contributed by atoms with Crippen LogP contribution in [0, 0.1) is 0 Å². The van der Waals surface area contributed by atoms with Gasteiger partial charge >= 0.3 is 5.97 Å². The monoisotopic (exact) mass is 389 g/mol. The maximum atomic E-state index is 12.4. The van der Waals surface area contributed by atoms with Gasteiger partial charge in [0.1, 0.15) is 5.75 Å². The molecule has 0 spiro atoms. The van der Waals surface area contributed by atoms with Crippen LogP contribution in [0.1, 0.15) is 48.2 Å². The van der Waals surface area contributed by atoms with E-state index in [0.29, 0.717) is 24.5 Å². The van der Waals surface area contributed by atoms with Gasteiger partial charge in [-0.3, -0.25) is 4.98 Å². The van der Waals surface area contributed by atoms with Crippen molar-refractivity contribution < 1.29 is 14.3 Å². The molecule has 0 atom stereocenters. The quantitative estimate of drug-likeness (QED) is 0.340. The minimum atomic E-state index is -0.349. The molecular weight excluding hydrogens is 362 g/mol. The number of esters is 1. The summed E-state index contributed by atoms with van der Waals surface area (Å²) < 4.78 is 10.9. The molecule has 0 saturated heterocycles. The Hall–Kier alpha value is -2.98. The van der Waals surface area contributed by atoms with Crippen molar-refractivity contribution in [3.05, 3.63) is 83.6 Å². The Kier molecular flexibility index (Phi) is 7.54. The van der Waals surface area contributed by atoms with E-state index in [-0.39, 0.29) is 5.97 Å². The molecule has 1 aromatic heterocycles. The third-order valence-electron chi connectivity index (χ3n) is 4.67. The summed E-state index contributed by atoms with van der Waals surface area (Å²) in [6, 6.07) is 19.0. The fraction of sp³-hybridized carbons (Fsp3) is 0.280. The number of benzene rings is 2. The van der Waals surface area contributed by atoms with Crippen molar-refractivity contribution in [2.75, 3.05) is 6.61 Å². The number of rotatable bonds is 9. The zero-order chi connectivity index (χ0) is 20.5. The molecule has 0 bridgehead atoms. The van der Waals surface area contributed by atoms with E-state index in [0.717, 1.165) is 36.1 Å². The lowest BCUT2D eigenvalue weighted by atomic mass is 10.1. The second-order valence-corrected chi connectivity index (χ2v) is 6.90. The summed E-state index contributed by atoms with van der Waals surface area (Å²) in [5, 5.41) is 0. The molecular formula is C25H27NO3. The van der Waals surface area contributed by atoms with Gasteiger partial charge in [-0.25, -0.2) is 4.79 Å². The number of pyridine rings is 1. The molecule has 0 aliphatic carbocycles. The first kappa shape index (κ1) is 20.7. The van der Waals surface area contributed by atoms with Gasteiger partial charge < -0.3 is 9.47 Å². The second-order valence-electron chi connectivity index (χ2n) is 6.90. The molecule has 0 radical (unpaired) electrons. The van der Waals surface area contributed by atoms with Gasteiger partial charge in [-0.2, -0.15) is 0 Å². The van der Waals surface area contributed by atoms with E-state index in [1.807, 2.05) is 61.7 Å². The van der Waals surface area contributed by atoms with Gasteiger partial charge in [0, 0.05) is 18.4 Å². The van der Waals surface area contributed by atoms with Crippen LogP contribution >= 0.6 is 0 Å². The summed E-state index contributed by atoms with van der Waals surface area (Å²) in [6.45, 7) is 5.40. The summed E-state index contributed by atoms with van der Waals surface area (Å²) in [5.41, 5.74) is 4.68. The Morgan fingerprint density at radius 3 is 2.24 bits per heavy atom. The van der Waals surface area contributed by atoms with E-state index in [1.165, 1.54) is 5.56 Å². The van der Waals surface area contributed by atoms with Crippen LogP contribution in [0.15, 0.2) is 66.9 Å². The van der Waals surface area contributed by atoms with Gasteiger partial charge in [0.2, 0.25) is 0 Å². The molecule has 2 aromatic carbocycles. The Labute approximate surface area is 172 Å². The van der Waals surface area contributed by atoms with E-state index < -0.39 is 0 Å². The molecule has 0 aliphatic rings. The summed E-state index contributed by atoms with van der Waals surface area (Å²) in [7, 11) is 0. The number of unbranched alkanes of at least 4 members (excludes halogenated alkanes) is 1. The highest BCUT2D eigenvalue weighted by molar-refractivity contribution is 5.91. The third-order valence-corrected chi connectivity index (χ3v) is 4.67. The maximum absolute atomic E-state index is 12.4. The second kappa shape index (κ2) is 10.5. The number of aromatic nitrogens is 1. The lowest BCUT2D eigenvalue weighted by Gasteiger charge is -2.07. The molecule has 4 heteroatoms. The molecule has 29 heavy (non-hydrogen) atoms. The number of nitrogens with zero attached hydrogens (tertiary/aromatic N) is 1. The predicted molar refractivity (Wildman–Crippen MR) is 115 cm³/mol. The largest absolute Gasteiger partial charge is 0.423 e. The van der Waals surface area contributed by atoms with Gasteiger partial charge in [-0.05, 0) is 73.4 Å². The predicted octanol–water partition coefficient (Wildman–Crippen LogP) is 5.85. The van der Waals surface area contributed by atoms with Gasteiger partial charge in [0.25, 0.3) is 0 Å². The minimum absolute atomic E-state index is 0.349. The number of hydrogen-bond donors (Lipinski definition) is 0. The van der Waals surface area contributed by atoms with Gasteiger partial charge in [0.15, 0.2) is 0 Å². The lowest BCUT2D eigenvalue weighted by Crippen LogP contribution is -2.08. The van der Waals surface area contributed by atoms with E-state index in [4.69, 9.17) is 9.47 Å². The molecule has 1 heterocycles. The van der Waals surface area contributed by atoms with Crippen molar-refractivity contribution in [1.29, 1.82) is 0 Å². The zero-order valence-electron chi connectivity index (χ0n) is 17.1. The molecule has 0 amide bonds. The molecule has 4 nitrogen and oxygen atoms in total.